The van der Waals surface area contributed by atoms with Crippen LogP contribution in [0.4, 0.5) is 0 Å². The molecule has 2 aliphatic heterocycles. The molecule has 35 heavy (non-hydrogen) atoms. The zero-order valence-electron chi connectivity index (χ0n) is 19.7. The number of nitrogens with zero attached hydrogens (tertiary/aromatic N) is 1. The highest BCUT2D eigenvalue weighted by atomic mass is 32.2. The van der Waals surface area contributed by atoms with Gasteiger partial charge in [0.25, 0.3) is 5.91 Å². The number of amides is 1. The molecule has 184 valence electrons. The topological polar surface area (TPSA) is 103 Å². The Morgan fingerprint density at radius 3 is 2.63 bits per heavy atom. The van der Waals surface area contributed by atoms with E-state index >= 15 is 0 Å². The summed E-state index contributed by atoms with van der Waals surface area (Å²) in [5.41, 5.74) is 0.871. The highest BCUT2D eigenvalue weighted by Crippen LogP contribution is 2.43. The molecular weight excluding hydrogens is 470 g/mol. The Labute approximate surface area is 203 Å². The van der Waals surface area contributed by atoms with Crippen LogP contribution in [0.25, 0.3) is 11.0 Å². The molecule has 0 N–H and O–H groups in total. The van der Waals surface area contributed by atoms with Gasteiger partial charge in [-0.1, -0.05) is 31.5 Å². The minimum Gasteiger partial charge on any atom is -0.493 e. The van der Waals surface area contributed by atoms with Gasteiger partial charge in [-0.2, -0.15) is 0 Å². The van der Waals surface area contributed by atoms with Crippen molar-refractivity contribution in [2.75, 3.05) is 25.2 Å². The monoisotopic (exact) mass is 497 g/mol. The fraction of sp³-hybridized carbons (Fsp3) is 0.385. The van der Waals surface area contributed by atoms with Gasteiger partial charge in [0.1, 0.15) is 5.58 Å². The number of carbonyl (C=O) groups is 1. The Hall–Kier alpha value is -3.33. The van der Waals surface area contributed by atoms with Crippen molar-refractivity contribution in [2.45, 2.75) is 38.3 Å². The Balaban J connectivity index is 1.67. The number of unbranched alkanes of at least 4 members (excludes halogenated alkanes) is 1. The van der Waals surface area contributed by atoms with E-state index in [2.05, 4.69) is 6.92 Å². The van der Waals surface area contributed by atoms with Crippen LogP contribution in [-0.2, 0) is 9.84 Å². The predicted octanol–water partition coefficient (Wildman–Crippen LogP) is 3.71. The summed E-state index contributed by atoms with van der Waals surface area (Å²) in [6.07, 6.45) is 2.19. The quantitative estimate of drug-likeness (QED) is 0.459. The van der Waals surface area contributed by atoms with E-state index < -0.39 is 27.8 Å². The van der Waals surface area contributed by atoms with Crippen LogP contribution < -0.4 is 14.9 Å². The molecule has 0 aliphatic carbocycles. The summed E-state index contributed by atoms with van der Waals surface area (Å²) < 4.78 is 41.9. The lowest BCUT2D eigenvalue weighted by Crippen LogP contribution is -2.40. The Bertz CT molecular complexity index is 1460. The van der Waals surface area contributed by atoms with E-state index in [4.69, 9.17) is 13.9 Å². The molecular formula is C26H27NO7S. The SMILES string of the molecule is CCCCOc1ccc([C@H]2c3c(oc4ccccc4c3=O)C(=O)N2[C@H]2CCS(=O)(=O)C2)cc1OC. The van der Waals surface area contributed by atoms with Gasteiger partial charge in [0.05, 0.1) is 42.2 Å². The van der Waals surface area contributed by atoms with Crippen molar-refractivity contribution in [3.63, 3.8) is 0 Å². The first-order chi connectivity index (χ1) is 16.8. The smallest absolute Gasteiger partial charge is 0.291 e. The molecule has 0 unspecified atom stereocenters. The van der Waals surface area contributed by atoms with Crippen LogP contribution in [0.15, 0.2) is 51.7 Å². The van der Waals surface area contributed by atoms with Crippen LogP contribution in [0.5, 0.6) is 11.5 Å². The van der Waals surface area contributed by atoms with Crippen molar-refractivity contribution in [2.24, 2.45) is 0 Å². The van der Waals surface area contributed by atoms with E-state index in [1.165, 1.54) is 12.0 Å². The summed E-state index contributed by atoms with van der Waals surface area (Å²) in [5, 5.41) is 0.372. The largest absolute Gasteiger partial charge is 0.493 e. The number of para-hydroxylation sites is 1. The molecule has 8 nitrogen and oxygen atoms in total. The van der Waals surface area contributed by atoms with Crippen molar-refractivity contribution in [1.29, 1.82) is 0 Å². The van der Waals surface area contributed by atoms with E-state index in [1.54, 1.807) is 42.5 Å². The molecule has 0 spiro atoms. The number of hydrogen-bond acceptors (Lipinski definition) is 7. The van der Waals surface area contributed by atoms with E-state index in [0.29, 0.717) is 41.1 Å². The van der Waals surface area contributed by atoms with Gasteiger partial charge >= 0.3 is 0 Å². The maximum atomic E-state index is 13.6. The molecule has 0 bridgehead atoms. The zero-order valence-corrected chi connectivity index (χ0v) is 20.5. The van der Waals surface area contributed by atoms with Crippen LogP contribution in [0.2, 0.25) is 0 Å². The summed E-state index contributed by atoms with van der Waals surface area (Å²) in [4.78, 5) is 28.7. The van der Waals surface area contributed by atoms with E-state index in [0.717, 1.165) is 12.8 Å². The number of carbonyl (C=O) groups excluding carboxylic acids is 1. The van der Waals surface area contributed by atoms with Gasteiger partial charge in [-0.15, -0.1) is 0 Å². The molecule has 5 rings (SSSR count). The maximum Gasteiger partial charge on any atom is 0.291 e. The summed E-state index contributed by atoms with van der Waals surface area (Å²) >= 11 is 0. The third kappa shape index (κ3) is 4.07. The lowest BCUT2D eigenvalue weighted by Gasteiger charge is -2.30. The van der Waals surface area contributed by atoms with Crippen LogP contribution >= 0.6 is 0 Å². The average Bonchev–Trinajstić information content (AvgIpc) is 3.35. The lowest BCUT2D eigenvalue weighted by atomic mass is 9.97. The van der Waals surface area contributed by atoms with Crippen LogP contribution in [-0.4, -0.2) is 50.5 Å². The summed E-state index contributed by atoms with van der Waals surface area (Å²) in [7, 11) is -1.75. The number of benzene rings is 2. The summed E-state index contributed by atoms with van der Waals surface area (Å²) in [6, 6.07) is 10.7. The Kier molecular flexibility index (Phi) is 6.04. The minimum atomic E-state index is -3.28. The molecule has 2 aliphatic rings. The van der Waals surface area contributed by atoms with Crippen molar-refractivity contribution in [1.82, 2.24) is 4.90 Å². The maximum absolute atomic E-state index is 13.6. The Morgan fingerprint density at radius 1 is 1.11 bits per heavy atom. The van der Waals surface area contributed by atoms with Gasteiger partial charge in [0.2, 0.25) is 5.76 Å². The van der Waals surface area contributed by atoms with E-state index in [1.807, 2.05) is 0 Å². The van der Waals surface area contributed by atoms with Gasteiger partial charge in [-0.05, 0) is 42.7 Å². The van der Waals surface area contributed by atoms with Gasteiger partial charge in [-0.3, -0.25) is 9.59 Å². The first kappa shape index (κ1) is 23.4. The number of rotatable bonds is 7. The highest BCUT2D eigenvalue weighted by molar-refractivity contribution is 7.91. The van der Waals surface area contributed by atoms with Crippen molar-refractivity contribution < 1.29 is 27.1 Å². The third-order valence-corrected chi connectivity index (χ3v) is 8.42. The van der Waals surface area contributed by atoms with Gasteiger partial charge < -0.3 is 18.8 Å². The number of hydrogen-bond donors (Lipinski definition) is 0. The van der Waals surface area contributed by atoms with E-state index in [9.17, 15) is 18.0 Å². The lowest BCUT2D eigenvalue weighted by molar-refractivity contribution is 0.0662. The third-order valence-electron chi connectivity index (χ3n) is 6.67. The van der Waals surface area contributed by atoms with E-state index in [-0.39, 0.29) is 28.3 Å². The molecule has 9 heteroatoms. The molecule has 1 fully saturated rings. The molecule has 1 aromatic heterocycles. The Morgan fingerprint density at radius 2 is 1.91 bits per heavy atom. The number of ether oxygens (including phenoxy) is 2. The van der Waals surface area contributed by atoms with Gasteiger partial charge in [-0.25, -0.2) is 8.42 Å². The normalized spacial score (nSPS) is 20.9. The van der Waals surface area contributed by atoms with Crippen molar-refractivity contribution >= 4 is 26.7 Å². The number of sulfone groups is 1. The van der Waals surface area contributed by atoms with Gasteiger partial charge in [0, 0.05) is 6.04 Å². The highest BCUT2D eigenvalue weighted by Gasteiger charge is 2.48. The second kappa shape index (κ2) is 9.03. The van der Waals surface area contributed by atoms with Crippen LogP contribution in [0, 0.1) is 0 Å². The second-order valence-electron chi connectivity index (χ2n) is 8.95. The number of fused-ring (bicyclic) bond motifs is 2. The molecule has 0 radical (unpaired) electrons. The number of methoxy groups -OCH3 is 1. The fourth-order valence-electron chi connectivity index (χ4n) is 4.94. The first-order valence-corrected chi connectivity index (χ1v) is 13.6. The molecule has 1 saturated heterocycles. The summed E-state index contributed by atoms with van der Waals surface area (Å²) in [6.45, 7) is 2.61. The molecule has 2 aromatic carbocycles. The zero-order chi connectivity index (χ0) is 24.7. The van der Waals surface area contributed by atoms with Crippen LogP contribution in [0.3, 0.4) is 0 Å². The molecule has 2 atom stereocenters. The van der Waals surface area contributed by atoms with Gasteiger partial charge in [0.15, 0.2) is 26.8 Å². The molecule has 3 aromatic rings. The molecule has 3 heterocycles. The first-order valence-electron chi connectivity index (χ1n) is 11.7. The summed E-state index contributed by atoms with van der Waals surface area (Å²) in [5.74, 6) is 0.383. The molecule has 0 saturated carbocycles. The van der Waals surface area contributed by atoms with Crippen LogP contribution in [0.1, 0.15) is 53.9 Å². The second-order valence-corrected chi connectivity index (χ2v) is 11.2. The average molecular weight is 498 g/mol. The van der Waals surface area contributed by atoms with Crippen molar-refractivity contribution in [3.05, 3.63) is 69.6 Å². The fourth-order valence-corrected chi connectivity index (χ4v) is 6.65. The molecule has 1 amide bonds. The standard InChI is InChI=1S/C26H27NO7S/c1-3-4-12-33-20-10-9-16(14-21(20)32-2)23-22-24(28)18-7-5-6-8-19(18)34-25(22)26(29)27(23)17-11-13-35(30,31)15-17/h5-10,14,17,23H,3-4,11-13,15H2,1-2H3/t17-,23-/m0/s1. The van der Waals surface area contributed by atoms with Crippen molar-refractivity contribution in [3.8, 4) is 11.5 Å². The minimum absolute atomic E-state index is 0.00138. The predicted molar refractivity (Wildman–Crippen MR) is 131 cm³/mol.